The van der Waals surface area contributed by atoms with E-state index in [1.165, 1.54) is 22.2 Å². The third-order valence-corrected chi connectivity index (χ3v) is 6.52. The molecule has 0 aliphatic carbocycles. The molecule has 3 heterocycles. The van der Waals surface area contributed by atoms with Crippen molar-refractivity contribution >= 4 is 23.2 Å². The first kappa shape index (κ1) is 20.3. The summed E-state index contributed by atoms with van der Waals surface area (Å²) in [6.45, 7) is 1.12. The van der Waals surface area contributed by atoms with Crippen LogP contribution in [0.1, 0.15) is 12.0 Å². The summed E-state index contributed by atoms with van der Waals surface area (Å²) in [6.07, 6.45) is 4.20. The van der Waals surface area contributed by atoms with E-state index < -0.39 is 5.41 Å². The Morgan fingerprint density at radius 2 is 2.10 bits per heavy atom. The molecule has 0 radical (unpaired) electrons. The summed E-state index contributed by atoms with van der Waals surface area (Å²) in [4.78, 5) is 34.5. The monoisotopic (exact) mass is 423 g/mol. The van der Waals surface area contributed by atoms with Crippen LogP contribution in [0.25, 0.3) is 10.4 Å². The summed E-state index contributed by atoms with van der Waals surface area (Å²) in [5.74, 6) is 0.0290. The fourth-order valence-electron chi connectivity index (χ4n) is 4.18. The minimum absolute atomic E-state index is 0.0405. The topological polar surface area (TPSA) is 71.3 Å². The molecule has 2 amide bonds. The summed E-state index contributed by atoms with van der Waals surface area (Å²) in [5, 5.41) is 6.08. The number of thiophene rings is 1. The molecule has 2 aromatic heterocycles. The first-order valence-electron chi connectivity index (χ1n) is 9.92. The first-order valence-corrected chi connectivity index (χ1v) is 10.8. The van der Waals surface area contributed by atoms with Gasteiger partial charge in [-0.3, -0.25) is 9.59 Å². The van der Waals surface area contributed by atoms with E-state index in [4.69, 9.17) is 0 Å². The summed E-state index contributed by atoms with van der Waals surface area (Å²) < 4.78 is 1.51. The highest BCUT2D eigenvalue weighted by molar-refractivity contribution is 7.13. The molecule has 1 atom stereocenters. The predicted molar refractivity (Wildman–Crippen MR) is 116 cm³/mol. The molecule has 8 heteroatoms. The number of nitrogens with zero attached hydrogens (tertiary/aromatic N) is 5. The molecule has 0 N–H and O–H groups in total. The Bertz CT molecular complexity index is 1020. The fourth-order valence-corrected chi connectivity index (χ4v) is 4.90. The van der Waals surface area contributed by atoms with Gasteiger partial charge in [0.2, 0.25) is 11.8 Å². The minimum Gasteiger partial charge on any atom is -0.348 e. The number of carbonyl (C=O) groups excluding carboxylic acids is 2. The van der Waals surface area contributed by atoms with Crippen molar-refractivity contribution in [3.05, 3.63) is 60.0 Å². The zero-order valence-electron chi connectivity index (χ0n) is 17.2. The number of benzene rings is 1. The van der Waals surface area contributed by atoms with Crippen molar-refractivity contribution < 1.29 is 9.59 Å². The predicted octanol–water partition coefficient (Wildman–Crippen LogP) is 2.56. The van der Waals surface area contributed by atoms with Gasteiger partial charge in [-0.1, -0.05) is 30.3 Å². The van der Waals surface area contributed by atoms with Gasteiger partial charge in [0.1, 0.15) is 19.2 Å². The Morgan fingerprint density at radius 1 is 1.23 bits per heavy atom. The first-order chi connectivity index (χ1) is 14.5. The van der Waals surface area contributed by atoms with Crippen molar-refractivity contribution in [2.45, 2.75) is 19.4 Å². The summed E-state index contributed by atoms with van der Waals surface area (Å²) in [6, 6.07) is 12.5. The van der Waals surface area contributed by atoms with Crippen LogP contribution in [-0.4, -0.2) is 63.6 Å². The molecule has 1 aliphatic heterocycles. The molecule has 0 bridgehead atoms. The Balaban J connectivity index is 1.56. The van der Waals surface area contributed by atoms with Gasteiger partial charge in [-0.05, 0) is 35.4 Å². The van der Waals surface area contributed by atoms with E-state index in [0.29, 0.717) is 25.9 Å². The maximum atomic E-state index is 13.2. The van der Waals surface area contributed by atoms with Crippen molar-refractivity contribution in [3.8, 4) is 10.4 Å². The summed E-state index contributed by atoms with van der Waals surface area (Å²) in [5.41, 5.74) is 1.66. The Hall–Kier alpha value is -3.00. The van der Waals surface area contributed by atoms with Gasteiger partial charge in [-0.2, -0.15) is 5.10 Å². The van der Waals surface area contributed by atoms with Gasteiger partial charge < -0.3 is 9.80 Å². The lowest BCUT2D eigenvalue weighted by molar-refractivity contribution is -0.139. The third kappa shape index (κ3) is 4.14. The molecular formula is C22H25N5O2S. The molecule has 0 unspecified atom stereocenters. The number of hydrogen-bond acceptors (Lipinski definition) is 5. The smallest absolute Gasteiger partial charge is 0.244 e. The number of carbonyl (C=O) groups is 2. The molecule has 30 heavy (non-hydrogen) atoms. The quantitative estimate of drug-likeness (QED) is 0.611. The van der Waals surface area contributed by atoms with Gasteiger partial charge in [0.15, 0.2) is 0 Å². The minimum atomic E-state index is -0.615. The second-order valence-corrected chi connectivity index (χ2v) is 8.94. The lowest BCUT2D eigenvalue weighted by Crippen LogP contribution is -2.45. The molecule has 0 saturated carbocycles. The van der Waals surface area contributed by atoms with E-state index in [9.17, 15) is 9.59 Å². The zero-order chi connectivity index (χ0) is 21.1. The number of aromatic nitrogens is 3. The van der Waals surface area contributed by atoms with Crippen LogP contribution in [0.3, 0.4) is 0 Å². The largest absolute Gasteiger partial charge is 0.348 e. The average Bonchev–Trinajstić information content (AvgIpc) is 3.50. The Kier molecular flexibility index (Phi) is 5.67. The van der Waals surface area contributed by atoms with Crippen LogP contribution in [0.15, 0.2) is 54.4 Å². The van der Waals surface area contributed by atoms with E-state index in [2.05, 4.69) is 39.7 Å². The number of likely N-dealkylation sites (tertiary alicyclic amines) is 1. The maximum absolute atomic E-state index is 13.2. The van der Waals surface area contributed by atoms with Crippen LogP contribution in [-0.2, 0) is 22.6 Å². The summed E-state index contributed by atoms with van der Waals surface area (Å²) in [7, 11) is 3.57. The van der Waals surface area contributed by atoms with Crippen molar-refractivity contribution in [2.75, 3.05) is 27.2 Å². The Labute approximate surface area is 179 Å². The second kappa shape index (κ2) is 8.39. The highest BCUT2D eigenvalue weighted by atomic mass is 32.1. The number of amides is 2. The SMILES string of the molecule is CN(C)C(=O)[C@@]1(Cc2cccc(-c3cccs3)c2)CCN(C(=O)Cn2cncn2)C1. The van der Waals surface area contributed by atoms with E-state index in [1.807, 2.05) is 12.1 Å². The van der Waals surface area contributed by atoms with Crippen molar-refractivity contribution in [2.24, 2.45) is 5.41 Å². The van der Waals surface area contributed by atoms with Gasteiger partial charge in [0.05, 0.1) is 5.41 Å². The lowest BCUT2D eigenvalue weighted by atomic mass is 9.79. The van der Waals surface area contributed by atoms with E-state index in [-0.39, 0.29) is 18.4 Å². The van der Waals surface area contributed by atoms with Crippen molar-refractivity contribution in [3.63, 3.8) is 0 Å². The van der Waals surface area contributed by atoms with Crippen LogP contribution in [0.5, 0.6) is 0 Å². The molecule has 7 nitrogen and oxygen atoms in total. The van der Waals surface area contributed by atoms with E-state index in [0.717, 1.165) is 11.1 Å². The van der Waals surface area contributed by atoms with Gasteiger partial charge in [0.25, 0.3) is 0 Å². The number of rotatable bonds is 6. The molecule has 3 aromatic rings. The van der Waals surface area contributed by atoms with Crippen LogP contribution in [0.4, 0.5) is 0 Å². The molecule has 1 fully saturated rings. The molecule has 0 spiro atoms. The Morgan fingerprint density at radius 3 is 2.80 bits per heavy atom. The molecule has 4 rings (SSSR count). The molecule has 1 aliphatic rings. The lowest BCUT2D eigenvalue weighted by Gasteiger charge is -2.31. The number of hydrogen-bond donors (Lipinski definition) is 0. The van der Waals surface area contributed by atoms with Crippen molar-refractivity contribution in [1.29, 1.82) is 0 Å². The highest BCUT2D eigenvalue weighted by Gasteiger charge is 2.46. The third-order valence-electron chi connectivity index (χ3n) is 5.61. The fraction of sp³-hybridized carbons (Fsp3) is 0.364. The van der Waals surface area contributed by atoms with Crippen molar-refractivity contribution in [1.82, 2.24) is 24.6 Å². The molecule has 1 aromatic carbocycles. The average molecular weight is 424 g/mol. The molecular weight excluding hydrogens is 398 g/mol. The van der Waals surface area contributed by atoms with E-state index in [1.54, 1.807) is 35.2 Å². The van der Waals surface area contributed by atoms with E-state index >= 15 is 0 Å². The molecule has 1 saturated heterocycles. The standard InChI is InChI=1S/C22H25N5O2S/c1-25(2)21(29)22(8-9-26(14-22)20(28)13-27-16-23-15-24-27)12-17-5-3-6-18(11-17)19-7-4-10-30-19/h3-7,10-11,15-16H,8-9,12-14H2,1-2H3/t22-/m1/s1. The summed E-state index contributed by atoms with van der Waals surface area (Å²) >= 11 is 1.70. The second-order valence-electron chi connectivity index (χ2n) is 7.99. The van der Waals surface area contributed by atoms with Gasteiger partial charge >= 0.3 is 0 Å². The zero-order valence-corrected chi connectivity index (χ0v) is 18.0. The van der Waals surface area contributed by atoms with Crippen LogP contribution in [0, 0.1) is 5.41 Å². The van der Waals surface area contributed by atoms with Crippen LogP contribution < -0.4 is 0 Å². The van der Waals surface area contributed by atoms with Crippen LogP contribution >= 0.6 is 11.3 Å². The van der Waals surface area contributed by atoms with Gasteiger partial charge in [-0.15, -0.1) is 11.3 Å². The normalized spacial score (nSPS) is 18.5. The van der Waals surface area contributed by atoms with Gasteiger partial charge in [-0.25, -0.2) is 9.67 Å². The van der Waals surface area contributed by atoms with Gasteiger partial charge in [0, 0.05) is 32.1 Å². The molecule has 156 valence electrons. The van der Waals surface area contributed by atoms with Crippen LogP contribution in [0.2, 0.25) is 0 Å². The highest BCUT2D eigenvalue weighted by Crippen LogP contribution is 2.37. The maximum Gasteiger partial charge on any atom is 0.244 e.